The molecule has 3 aromatic rings. The first-order valence-corrected chi connectivity index (χ1v) is 16.0. The molecule has 1 aliphatic rings. The number of carbonyl (C=O) groups excluding carboxylic acids is 3. The first-order valence-electron chi connectivity index (χ1n) is 16.0. The van der Waals surface area contributed by atoms with E-state index >= 15 is 0 Å². The molecule has 2 amide bonds. The second-order valence-electron chi connectivity index (χ2n) is 12.8. The summed E-state index contributed by atoms with van der Waals surface area (Å²) in [5, 5.41) is 2.24. The third-order valence-corrected chi connectivity index (χ3v) is 8.40. The predicted molar refractivity (Wildman–Crippen MR) is 174 cm³/mol. The number of esters is 1. The van der Waals surface area contributed by atoms with Gasteiger partial charge in [0.05, 0.1) is 12.6 Å². The Morgan fingerprint density at radius 2 is 1.57 bits per heavy atom. The quantitative estimate of drug-likeness (QED) is 0.156. The smallest absolute Gasteiger partial charge is 0.410 e. The van der Waals surface area contributed by atoms with E-state index in [0.29, 0.717) is 39.1 Å². The maximum atomic E-state index is 13.8. The lowest BCUT2D eigenvalue weighted by Gasteiger charge is -2.35. The summed E-state index contributed by atoms with van der Waals surface area (Å²) in [6.45, 7) is 11.6. The van der Waals surface area contributed by atoms with E-state index in [0.717, 1.165) is 35.6 Å². The second-order valence-corrected chi connectivity index (χ2v) is 12.8. The van der Waals surface area contributed by atoms with E-state index in [1.54, 1.807) is 6.92 Å². The molecule has 7 nitrogen and oxygen atoms in total. The fourth-order valence-electron chi connectivity index (χ4n) is 6.20. The van der Waals surface area contributed by atoms with Gasteiger partial charge in [-0.05, 0) is 69.4 Å². The fraction of sp³-hybridized carbons (Fsp3) is 0.486. The van der Waals surface area contributed by atoms with Crippen LogP contribution in [0.4, 0.5) is 4.79 Å². The number of likely N-dealkylation sites (tertiary alicyclic amines) is 1. The van der Waals surface area contributed by atoms with Gasteiger partial charge in [-0.2, -0.15) is 0 Å². The number of hydrogen-bond donors (Lipinski definition) is 0. The lowest BCUT2D eigenvalue weighted by molar-refractivity contribution is -0.143. The summed E-state index contributed by atoms with van der Waals surface area (Å²) in [6, 6.07) is 24.5. The molecule has 0 aliphatic carbocycles. The zero-order valence-electron chi connectivity index (χ0n) is 27.0. The first-order chi connectivity index (χ1) is 21.1. The monoisotopic (exact) mass is 600 g/mol. The summed E-state index contributed by atoms with van der Waals surface area (Å²) in [4.78, 5) is 42.7. The number of ether oxygens (including phenoxy) is 2. The van der Waals surface area contributed by atoms with E-state index < -0.39 is 5.60 Å². The van der Waals surface area contributed by atoms with Crippen LogP contribution in [0, 0.1) is 5.92 Å². The highest BCUT2D eigenvalue weighted by Crippen LogP contribution is 2.37. The maximum Gasteiger partial charge on any atom is 0.410 e. The summed E-state index contributed by atoms with van der Waals surface area (Å²) < 4.78 is 11.0. The van der Waals surface area contributed by atoms with Crippen LogP contribution in [0.1, 0.15) is 89.8 Å². The van der Waals surface area contributed by atoms with Crippen molar-refractivity contribution >= 4 is 28.7 Å². The Morgan fingerprint density at radius 1 is 0.886 bits per heavy atom. The van der Waals surface area contributed by atoms with Gasteiger partial charge in [-0.1, -0.05) is 79.2 Å². The SMILES string of the molecule is CCOC(=O)CCCCCC(=O)N1C[C@H](CN(C(=O)OC(C)(C)C)[C@H](C)c2cccc3ccccc23)[C@@H](c2ccccc2)C1. The lowest BCUT2D eigenvalue weighted by Crippen LogP contribution is -2.42. The lowest BCUT2D eigenvalue weighted by atomic mass is 9.88. The van der Waals surface area contributed by atoms with Gasteiger partial charge >= 0.3 is 12.1 Å². The minimum Gasteiger partial charge on any atom is -0.466 e. The molecule has 0 aromatic heterocycles. The van der Waals surface area contributed by atoms with Crippen molar-refractivity contribution in [3.8, 4) is 0 Å². The Labute approximate surface area is 262 Å². The highest BCUT2D eigenvalue weighted by atomic mass is 16.6. The molecule has 3 aromatic carbocycles. The minimum absolute atomic E-state index is 0.0371. The molecule has 7 heteroatoms. The molecule has 1 aliphatic heterocycles. The van der Waals surface area contributed by atoms with Crippen molar-refractivity contribution in [1.29, 1.82) is 0 Å². The van der Waals surface area contributed by atoms with E-state index in [4.69, 9.17) is 9.47 Å². The number of rotatable bonds is 12. The van der Waals surface area contributed by atoms with Crippen LogP contribution in [0.25, 0.3) is 10.8 Å². The molecule has 1 heterocycles. The zero-order valence-corrected chi connectivity index (χ0v) is 27.0. The van der Waals surface area contributed by atoms with Crippen LogP contribution in [0.2, 0.25) is 0 Å². The topological polar surface area (TPSA) is 76.2 Å². The largest absolute Gasteiger partial charge is 0.466 e. The number of hydrogen-bond acceptors (Lipinski definition) is 5. The standard InChI is InChI=1S/C37H48N2O5/c1-6-43-35(41)23-12-8-11-22-34(40)38-24-30(33(26-38)29-16-9-7-10-17-29)25-39(36(42)44-37(3,4)5)27(2)31-21-15-19-28-18-13-14-20-32(28)31/h7,9-10,13-21,27,30,33H,6,8,11-12,22-26H2,1-5H3/t27-,30-,33-/m1/s1. The third-order valence-electron chi connectivity index (χ3n) is 8.40. The average molecular weight is 601 g/mol. The number of amides is 2. The van der Waals surface area contributed by atoms with Crippen LogP contribution >= 0.6 is 0 Å². The van der Waals surface area contributed by atoms with Gasteiger partial charge in [0.2, 0.25) is 5.91 Å². The summed E-state index contributed by atoms with van der Waals surface area (Å²) in [5.74, 6) is 0.0680. The predicted octanol–water partition coefficient (Wildman–Crippen LogP) is 7.89. The van der Waals surface area contributed by atoms with Crippen LogP contribution in [0.5, 0.6) is 0 Å². The van der Waals surface area contributed by atoms with Crippen LogP contribution in [-0.2, 0) is 19.1 Å². The Bertz CT molecular complexity index is 1390. The summed E-state index contributed by atoms with van der Waals surface area (Å²) in [7, 11) is 0. The molecule has 4 rings (SSSR count). The van der Waals surface area contributed by atoms with Crippen molar-refractivity contribution in [1.82, 2.24) is 9.80 Å². The first kappa shape index (κ1) is 33.0. The van der Waals surface area contributed by atoms with Gasteiger partial charge in [-0.15, -0.1) is 0 Å². The molecule has 0 radical (unpaired) electrons. The van der Waals surface area contributed by atoms with Gasteiger partial charge in [-0.25, -0.2) is 4.79 Å². The number of unbranched alkanes of at least 4 members (excludes halogenated alkanes) is 2. The van der Waals surface area contributed by atoms with Gasteiger partial charge in [0, 0.05) is 44.3 Å². The van der Waals surface area contributed by atoms with E-state index in [2.05, 4.69) is 43.3 Å². The van der Waals surface area contributed by atoms with Gasteiger partial charge < -0.3 is 19.3 Å². The zero-order chi connectivity index (χ0) is 31.7. The number of nitrogens with zero attached hydrogens (tertiary/aromatic N) is 2. The van der Waals surface area contributed by atoms with Crippen LogP contribution < -0.4 is 0 Å². The van der Waals surface area contributed by atoms with Crippen LogP contribution in [-0.4, -0.2) is 59.6 Å². The van der Waals surface area contributed by atoms with Crippen LogP contribution in [0.15, 0.2) is 72.8 Å². The van der Waals surface area contributed by atoms with Crippen molar-refractivity contribution in [2.24, 2.45) is 5.92 Å². The van der Waals surface area contributed by atoms with Gasteiger partial charge in [0.25, 0.3) is 0 Å². The molecular weight excluding hydrogens is 552 g/mol. The molecular formula is C37H48N2O5. The maximum absolute atomic E-state index is 13.8. The van der Waals surface area contributed by atoms with Gasteiger partial charge in [0.1, 0.15) is 5.60 Å². The van der Waals surface area contributed by atoms with Crippen molar-refractivity contribution in [3.05, 3.63) is 83.9 Å². The Hall–Kier alpha value is -3.87. The van der Waals surface area contributed by atoms with Crippen molar-refractivity contribution in [3.63, 3.8) is 0 Å². The summed E-state index contributed by atoms with van der Waals surface area (Å²) in [6.07, 6.45) is 2.74. The molecule has 1 saturated heterocycles. The number of fused-ring (bicyclic) bond motifs is 1. The molecule has 0 N–H and O–H groups in total. The van der Waals surface area contributed by atoms with E-state index in [1.807, 2.05) is 67.0 Å². The summed E-state index contributed by atoms with van der Waals surface area (Å²) >= 11 is 0. The Balaban J connectivity index is 1.54. The molecule has 0 bridgehead atoms. The van der Waals surface area contributed by atoms with E-state index in [9.17, 15) is 14.4 Å². The molecule has 1 fully saturated rings. The molecule has 3 atom stereocenters. The Morgan fingerprint density at radius 3 is 2.30 bits per heavy atom. The molecule has 44 heavy (non-hydrogen) atoms. The third kappa shape index (κ3) is 8.84. The highest BCUT2D eigenvalue weighted by molar-refractivity contribution is 5.86. The molecule has 0 spiro atoms. The molecule has 0 unspecified atom stereocenters. The second kappa shape index (κ2) is 15.2. The van der Waals surface area contributed by atoms with Crippen molar-refractivity contribution in [2.75, 3.05) is 26.2 Å². The van der Waals surface area contributed by atoms with Gasteiger partial charge in [-0.3, -0.25) is 9.59 Å². The molecule has 236 valence electrons. The number of carbonyl (C=O) groups is 3. The normalized spacial score (nSPS) is 17.3. The number of benzene rings is 3. The van der Waals surface area contributed by atoms with Crippen LogP contribution in [0.3, 0.4) is 0 Å². The van der Waals surface area contributed by atoms with Crippen molar-refractivity contribution in [2.45, 2.75) is 84.3 Å². The van der Waals surface area contributed by atoms with E-state index in [1.165, 1.54) is 5.56 Å². The molecule has 0 saturated carbocycles. The highest BCUT2D eigenvalue weighted by Gasteiger charge is 2.39. The minimum atomic E-state index is -0.641. The van der Waals surface area contributed by atoms with E-state index in [-0.39, 0.29) is 35.8 Å². The summed E-state index contributed by atoms with van der Waals surface area (Å²) in [5.41, 5.74) is 1.60. The van der Waals surface area contributed by atoms with Crippen molar-refractivity contribution < 1.29 is 23.9 Å². The average Bonchev–Trinajstić information content (AvgIpc) is 3.43. The fourth-order valence-corrected chi connectivity index (χ4v) is 6.20. The Kier molecular flexibility index (Phi) is 11.4. The van der Waals surface area contributed by atoms with Gasteiger partial charge in [0.15, 0.2) is 0 Å².